The molecule has 35 heavy (non-hydrogen) atoms. The molecule has 0 unspecified atom stereocenters. The number of anilines is 2. The molecule has 4 aromatic rings. The lowest BCUT2D eigenvalue weighted by molar-refractivity contribution is 0.0975. The number of nitrogens with zero attached hydrogens (tertiary/aromatic N) is 1. The van der Waals surface area contributed by atoms with Crippen molar-refractivity contribution >= 4 is 40.5 Å². The number of ether oxygens (including phenoxy) is 1. The van der Waals surface area contributed by atoms with Crippen LogP contribution in [-0.4, -0.2) is 5.91 Å². The zero-order valence-corrected chi connectivity index (χ0v) is 20.7. The highest BCUT2D eigenvalue weighted by Gasteiger charge is 2.34. The van der Waals surface area contributed by atoms with Crippen LogP contribution in [0.1, 0.15) is 40.1 Å². The summed E-state index contributed by atoms with van der Waals surface area (Å²) in [5.74, 6) is 0.647. The maximum atomic E-state index is 13.6. The highest BCUT2D eigenvalue weighted by molar-refractivity contribution is 6.35. The van der Waals surface area contributed by atoms with Gasteiger partial charge in [0.05, 0.1) is 5.56 Å². The molecular formula is C29H24Cl2N2O2. The minimum Gasteiger partial charge on any atom is -0.489 e. The zero-order chi connectivity index (χ0) is 24.4. The molecule has 1 amide bonds. The first-order valence-electron chi connectivity index (χ1n) is 11.5. The van der Waals surface area contributed by atoms with Crippen LogP contribution in [0.4, 0.5) is 11.4 Å². The molecular weight excluding hydrogens is 479 g/mol. The molecule has 4 nitrogen and oxygen atoms in total. The predicted octanol–water partition coefficient (Wildman–Crippen LogP) is 7.91. The maximum absolute atomic E-state index is 13.6. The second-order valence-electron chi connectivity index (χ2n) is 8.35. The summed E-state index contributed by atoms with van der Waals surface area (Å²) in [4.78, 5) is 15.4. The van der Waals surface area contributed by atoms with Gasteiger partial charge in [-0.25, -0.2) is 0 Å². The Kier molecular flexibility index (Phi) is 6.67. The maximum Gasteiger partial charge on any atom is 0.262 e. The molecule has 1 aliphatic rings. The largest absolute Gasteiger partial charge is 0.489 e. The van der Waals surface area contributed by atoms with Gasteiger partial charge in [-0.15, -0.1) is 0 Å². The number of amides is 1. The van der Waals surface area contributed by atoms with Crippen molar-refractivity contribution < 1.29 is 9.53 Å². The lowest BCUT2D eigenvalue weighted by Crippen LogP contribution is -2.43. The number of rotatable bonds is 6. The monoisotopic (exact) mass is 502 g/mol. The number of nitrogens with one attached hydrogen (secondary N) is 1. The molecule has 0 spiro atoms. The Morgan fingerprint density at radius 2 is 1.54 bits per heavy atom. The standard InChI is InChI=1S/C29H24Cl2N2O2/c1-2-19-10-14-21(15-11-19)33-28(32-27-9-4-3-6-23(27)29(33)34)20-12-16-22(17-13-20)35-18-24-25(30)7-5-8-26(24)31/h3-17,28,32H,2,18H2,1H3/t28-/m1/s1. The van der Waals surface area contributed by atoms with Gasteiger partial charge in [-0.2, -0.15) is 0 Å². The third-order valence-corrected chi connectivity index (χ3v) is 6.90. The van der Waals surface area contributed by atoms with Crippen molar-refractivity contribution in [3.05, 3.63) is 123 Å². The second-order valence-corrected chi connectivity index (χ2v) is 9.16. The van der Waals surface area contributed by atoms with Crippen LogP contribution in [-0.2, 0) is 13.0 Å². The highest BCUT2D eigenvalue weighted by Crippen LogP contribution is 2.37. The summed E-state index contributed by atoms with van der Waals surface area (Å²) in [5.41, 5.74) is 5.22. The Balaban J connectivity index is 1.43. The Labute approximate surface area is 215 Å². The van der Waals surface area contributed by atoms with Crippen LogP contribution in [0.15, 0.2) is 91.0 Å². The first-order valence-corrected chi connectivity index (χ1v) is 12.2. The van der Waals surface area contributed by atoms with E-state index in [1.165, 1.54) is 5.56 Å². The lowest BCUT2D eigenvalue weighted by atomic mass is 10.0. The van der Waals surface area contributed by atoms with Crippen molar-refractivity contribution in [2.45, 2.75) is 26.1 Å². The molecule has 4 aromatic carbocycles. The summed E-state index contributed by atoms with van der Waals surface area (Å²) in [6.07, 6.45) is 0.580. The molecule has 6 heteroatoms. The molecule has 0 aliphatic carbocycles. The van der Waals surface area contributed by atoms with E-state index < -0.39 is 0 Å². The molecule has 0 bridgehead atoms. The van der Waals surface area contributed by atoms with Crippen LogP contribution in [0.5, 0.6) is 5.75 Å². The van der Waals surface area contributed by atoms with Crippen molar-refractivity contribution in [1.29, 1.82) is 0 Å². The number of para-hydroxylation sites is 1. The van der Waals surface area contributed by atoms with Crippen LogP contribution in [0.25, 0.3) is 0 Å². The highest BCUT2D eigenvalue weighted by atomic mass is 35.5. The van der Waals surface area contributed by atoms with E-state index in [0.717, 1.165) is 28.9 Å². The summed E-state index contributed by atoms with van der Waals surface area (Å²) in [7, 11) is 0. The summed E-state index contributed by atoms with van der Waals surface area (Å²) >= 11 is 12.5. The Morgan fingerprint density at radius 3 is 2.23 bits per heavy atom. The van der Waals surface area contributed by atoms with Crippen molar-refractivity contribution in [2.75, 3.05) is 10.2 Å². The van der Waals surface area contributed by atoms with Crippen LogP contribution in [0, 0.1) is 0 Å². The van der Waals surface area contributed by atoms with E-state index >= 15 is 0 Å². The van der Waals surface area contributed by atoms with Gasteiger partial charge < -0.3 is 10.1 Å². The number of aryl methyl sites for hydroxylation is 1. The average molecular weight is 503 g/mol. The number of halogens is 2. The molecule has 1 N–H and O–H groups in total. The molecule has 0 saturated heterocycles. The third-order valence-electron chi connectivity index (χ3n) is 6.19. The second kappa shape index (κ2) is 10.0. The topological polar surface area (TPSA) is 41.6 Å². The van der Waals surface area contributed by atoms with Gasteiger partial charge in [-0.3, -0.25) is 9.69 Å². The number of carbonyl (C=O) groups is 1. The van der Waals surface area contributed by atoms with E-state index in [-0.39, 0.29) is 18.7 Å². The van der Waals surface area contributed by atoms with E-state index in [9.17, 15) is 4.79 Å². The Bertz CT molecular complexity index is 1330. The van der Waals surface area contributed by atoms with Gasteiger partial charge in [0.15, 0.2) is 0 Å². The first kappa shape index (κ1) is 23.3. The summed E-state index contributed by atoms with van der Waals surface area (Å²) in [5, 5.41) is 4.69. The summed E-state index contributed by atoms with van der Waals surface area (Å²) in [6, 6.07) is 28.9. The molecule has 0 radical (unpaired) electrons. The minimum absolute atomic E-state index is 0.0395. The normalized spacial score (nSPS) is 14.9. The zero-order valence-electron chi connectivity index (χ0n) is 19.2. The lowest BCUT2D eigenvalue weighted by Gasteiger charge is -2.38. The van der Waals surface area contributed by atoms with Crippen LogP contribution < -0.4 is 15.0 Å². The van der Waals surface area contributed by atoms with Gasteiger partial charge in [0, 0.05) is 27.0 Å². The van der Waals surface area contributed by atoms with Crippen LogP contribution in [0.3, 0.4) is 0 Å². The summed E-state index contributed by atoms with van der Waals surface area (Å²) < 4.78 is 5.94. The number of carbonyl (C=O) groups excluding carboxylic acids is 1. The fourth-order valence-electron chi connectivity index (χ4n) is 4.22. The minimum atomic E-state index is -0.364. The van der Waals surface area contributed by atoms with Crippen LogP contribution in [0.2, 0.25) is 10.0 Å². The predicted molar refractivity (Wildman–Crippen MR) is 143 cm³/mol. The van der Waals surface area contributed by atoms with E-state index in [2.05, 4.69) is 24.4 Å². The smallest absolute Gasteiger partial charge is 0.262 e. The molecule has 0 saturated carbocycles. The van der Waals surface area contributed by atoms with Gasteiger partial charge in [-0.1, -0.05) is 72.6 Å². The molecule has 0 fully saturated rings. The summed E-state index contributed by atoms with van der Waals surface area (Å²) in [6.45, 7) is 2.38. The molecule has 0 aromatic heterocycles. The Hall–Kier alpha value is -3.47. The van der Waals surface area contributed by atoms with Gasteiger partial charge in [0.2, 0.25) is 0 Å². The third kappa shape index (κ3) is 4.72. The van der Waals surface area contributed by atoms with Gasteiger partial charge in [-0.05, 0) is 66.1 Å². The average Bonchev–Trinajstić information content (AvgIpc) is 2.89. The van der Waals surface area contributed by atoms with E-state index in [1.807, 2.05) is 60.7 Å². The van der Waals surface area contributed by atoms with E-state index in [1.54, 1.807) is 23.1 Å². The number of fused-ring (bicyclic) bond motifs is 1. The number of hydrogen-bond donors (Lipinski definition) is 1. The fraction of sp³-hybridized carbons (Fsp3) is 0.138. The molecule has 1 heterocycles. The molecule has 1 aliphatic heterocycles. The number of hydrogen-bond acceptors (Lipinski definition) is 3. The van der Waals surface area contributed by atoms with Crippen molar-refractivity contribution in [3.8, 4) is 5.75 Å². The van der Waals surface area contributed by atoms with Crippen molar-refractivity contribution in [3.63, 3.8) is 0 Å². The van der Waals surface area contributed by atoms with Gasteiger partial charge in [0.1, 0.15) is 18.5 Å². The molecule has 1 atom stereocenters. The fourth-order valence-corrected chi connectivity index (χ4v) is 4.72. The quantitative estimate of drug-likeness (QED) is 0.291. The SMILES string of the molecule is CCc1ccc(N2C(=O)c3ccccc3N[C@H]2c2ccc(OCc3c(Cl)cccc3Cl)cc2)cc1. The first-order chi connectivity index (χ1) is 17.0. The van der Waals surface area contributed by atoms with Gasteiger partial charge in [0.25, 0.3) is 5.91 Å². The van der Waals surface area contributed by atoms with Crippen molar-refractivity contribution in [2.24, 2.45) is 0 Å². The number of benzene rings is 4. The Morgan fingerprint density at radius 1 is 0.857 bits per heavy atom. The molecule has 5 rings (SSSR count). The van der Waals surface area contributed by atoms with E-state index in [0.29, 0.717) is 21.4 Å². The van der Waals surface area contributed by atoms with Crippen molar-refractivity contribution in [1.82, 2.24) is 0 Å². The van der Waals surface area contributed by atoms with Gasteiger partial charge >= 0.3 is 0 Å². The molecule has 176 valence electrons. The van der Waals surface area contributed by atoms with E-state index in [4.69, 9.17) is 27.9 Å². The van der Waals surface area contributed by atoms with Crippen LogP contribution >= 0.6 is 23.2 Å².